The Morgan fingerprint density at radius 1 is 0.480 bits per heavy atom. The molecule has 4 heteroatoms. The third-order valence-electron chi connectivity index (χ3n) is 4.43. The highest BCUT2D eigenvalue weighted by molar-refractivity contribution is 4.49. The van der Waals surface area contributed by atoms with Crippen molar-refractivity contribution in [2.24, 2.45) is 0 Å². The van der Waals surface area contributed by atoms with Crippen LogP contribution < -0.4 is 0 Å². The molecule has 0 amide bonds. The lowest BCUT2D eigenvalue weighted by Gasteiger charge is -2.03. The van der Waals surface area contributed by atoms with E-state index in [1.165, 1.54) is 96.3 Å². The minimum Gasteiger partial charge on any atom is -0.396 e. The Kier molecular flexibility index (Phi) is 28.2. The van der Waals surface area contributed by atoms with Crippen LogP contribution in [0.4, 0.5) is 0 Å². The van der Waals surface area contributed by atoms with Gasteiger partial charge in [0.2, 0.25) is 0 Å². The summed E-state index contributed by atoms with van der Waals surface area (Å²) in [5, 5.41) is 32.7. The van der Waals surface area contributed by atoms with Crippen LogP contribution in [0.2, 0.25) is 0 Å². The molecule has 25 heavy (non-hydrogen) atoms. The molecule has 0 aliphatic rings. The van der Waals surface area contributed by atoms with Crippen LogP contribution in [0.3, 0.4) is 0 Å². The van der Waals surface area contributed by atoms with Crippen molar-refractivity contribution in [3.63, 3.8) is 0 Å². The fourth-order valence-corrected chi connectivity index (χ4v) is 2.72. The third-order valence-corrected chi connectivity index (χ3v) is 4.43. The lowest BCUT2D eigenvalue weighted by molar-refractivity contribution is 0.0450. The van der Waals surface area contributed by atoms with Gasteiger partial charge in [0.25, 0.3) is 0 Å². The Morgan fingerprint density at radius 3 is 0.960 bits per heavy atom. The summed E-state index contributed by atoms with van der Waals surface area (Å²) in [4.78, 5) is 0. The van der Waals surface area contributed by atoms with Crippen LogP contribution in [0.15, 0.2) is 0 Å². The molecule has 4 N–H and O–H groups in total. The maximum atomic E-state index is 8.67. The molecule has 0 radical (unpaired) electrons. The van der Waals surface area contributed by atoms with E-state index in [2.05, 4.69) is 6.92 Å². The summed E-state index contributed by atoms with van der Waals surface area (Å²) in [5.74, 6) is 0. The molecule has 0 aliphatic heterocycles. The van der Waals surface area contributed by atoms with E-state index >= 15 is 0 Å². The van der Waals surface area contributed by atoms with Gasteiger partial charge in [-0.1, -0.05) is 103 Å². The molecule has 0 heterocycles. The molecule has 0 aromatic heterocycles. The Balaban J connectivity index is 0. The number of aliphatic hydroxyl groups is 4. The lowest BCUT2D eigenvalue weighted by Crippen LogP contribution is -2.15. The van der Waals surface area contributed by atoms with Crippen molar-refractivity contribution in [3.05, 3.63) is 0 Å². The number of aliphatic hydroxyl groups excluding tert-OH is 4. The Bertz CT molecular complexity index is 192. The summed E-state index contributed by atoms with van der Waals surface area (Å²) in [6.45, 7) is 1.93. The topological polar surface area (TPSA) is 80.9 Å². The maximum Gasteiger partial charge on any atom is 0.100 e. The predicted octanol–water partition coefficient (Wildman–Crippen LogP) is 4.57. The number of unbranched alkanes of at least 4 members (excludes halogenated alkanes) is 15. The standard InChI is InChI=1S/C18H38O.C3H8O3/c1-2-3-4-5-6-7-8-9-10-11-12-13-14-15-16-17-18-19;4-1-3(6)2-5/h19H,2-18H2,1H3;3-6H,1-2H2. The zero-order valence-corrected chi connectivity index (χ0v) is 16.8. The van der Waals surface area contributed by atoms with Crippen molar-refractivity contribution in [2.75, 3.05) is 19.8 Å². The summed E-state index contributed by atoms with van der Waals surface area (Å²) >= 11 is 0. The van der Waals surface area contributed by atoms with Gasteiger partial charge in [-0.25, -0.2) is 0 Å². The van der Waals surface area contributed by atoms with E-state index in [0.29, 0.717) is 6.61 Å². The minimum absolute atomic E-state index is 0.365. The second-order valence-electron chi connectivity index (χ2n) is 7.05. The van der Waals surface area contributed by atoms with Gasteiger partial charge in [-0.2, -0.15) is 0 Å². The van der Waals surface area contributed by atoms with Gasteiger partial charge in [0, 0.05) is 6.61 Å². The van der Waals surface area contributed by atoms with Crippen molar-refractivity contribution in [1.29, 1.82) is 0 Å². The van der Waals surface area contributed by atoms with Gasteiger partial charge in [-0.05, 0) is 6.42 Å². The highest BCUT2D eigenvalue weighted by atomic mass is 16.3. The molecule has 0 spiro atoms. The molecule has 0 aliphatic carbocycles. The van der Waals surface area contributed by atoms with Crippen LogP contribution in [0, 0.1) is 0 Å². The minimum atomic E-state index is -0.954. The largest absolute Gasteiger partial charge is 0.396 e. The summed E-state index contributed by atoms with van der Waals surface area (Å²) in [6, 6.07) is 0. The number of rotatable bonds is 18. The molecular formula is C21H46O4. The van der Waals surface area contributed by atoms with E-state index in [1.807, 2.05) is 0 Å². The molecule has 0 saturated heterocycles. The first-order valence-corrected chi connectivity index (χ1v) is 10.7. The number of hydrogen-bond acceptors (Lipinski definition) is 4. The summed E-state index contributed by atoms with van der Waals surface area (Å²) in [7, 11) is 0. The van der Waals surface area contributed by atoms with Crippen LogP contribution in [0.25, 0.3) is 0 Å². The fourth-order valence-electron chi connectivity index (χ4n) is 2.72. The van der Waals surface area contributed by atoms with E-state index in [-0.39, 0.29) is 13.2 Å². The van der Waals surface area contributed by atoms with Crippen molar-refractivity contribution < 1.29 is 20.4 Å². The smallest absolute Gasteiger partial charge is 0.100 e. The molecule has 154 valence electrons. The van der Waals surface area contributed by atoms with E-state index in [1.54, 1.807) is 0 Å². The summed E-state index contributed by atoms with van der Waals surface area (Å²) < 4.78 is 0. The van der Waals surface area contributed by atoms with E-state index in [4.69, 9.17) is 20.4 Å². The lowest BCUT2D eigenvalue weighted by atomic mass is 10.0. The Morgan fingerprint density at radius 2 is 0.760 bits per heavy atom. The predicted molar refractivity (Wildman–Crippen MR) is 107 cm³/mol. The average Bonchev–Trinajstić information content (AvgIpc) is 2.64. The van der Waals surface area contributed by atoms with E-state index in [0.717, 1.165) is 6.42 Å². The third kappa shape index (κ3) is 28.9. The van der Waals surface area contributed by atoms with Crippen LogP contribution >= 0.6 is 0 Å². The zero-order chi connectivity index (χ0) is 19.0. The van der Waals surface area contributed by atoms with Gasteiger partial charge in [0.15, 0.2) is 0 Å². The van der Waals surface area contributed by atoms with Gasteiger partial charge in [-0.15, -0.1) is 0 Å². The number of hydrogen-bond donors (Lipinski definition) is 4. The normalized spacial score (nSPS) is 10.8. The first-order chi connectivity index (χ1) is 12.2. The Hall–Kier alpha value is -0.160. The van der Waals surface area contributed by atoms with Crippen molar-refractivity contribution >= 4 is 0 Å². The second kappa shape index (κ2) is 26.1. The fraction of sp³-hybridized carbons (Fsp3) is 1.00. The first kappa shape index (κ1) is 27.1. The second-order valence-corrected chi connectivity index (χ2v) is 7.05. The molecule has 0 aromatic rings. The Labute approximate surface area is 156 Å². The van der Waals surface area contributed by atoms with Gasteiger partial charge < -0.3 is 20.4 Å². The molecule has 4 nitrogen and oxygen atoms in total. The summed E-state index contributed by atoms with van der Waals surface area (Å²) in [6.07, 6.45) is 21.2. The molecular weight excluding hydrogens is 316 g/mol. The first-order valence-electron chi connectivity index (χ1n) is 10.7. The van der Waals surface area contributed by atoms with Crippen LogP contribution in [0.1, 0.15) is 110 Å². The van der Waals surface area contributed by atoms with Crippen LogP contribution in [-0.2, 0) is 0 Å². The monoisotopic (exact) mass is 362 g/mol. The van der Waals surface area contributed by atoms with E-state index < -0.39 is 6.10 Å². The van der Waals surface area contributed by atoms with Crippen molar-refractivity contribution in [2.45, 2.75) is 116 Å². The molecule has 0 saturated carbocycles. The SMILES string of the molecule is CCCCCCCCCCCCCCCCCCO.OCC(O)CO. The molecule has 0 unspecified atom stereocenters. The molecule has 0 rings (SSSR count). The zero-order valence-electron chi connectivity index (χ0n) is 16.8. The average molecular weight is 363 g/mol. The van der Waals surface area contributed by atoms with Gasteiger partial charge >= 0.3 is 0 Å². The highest BCUT2D eigenvalue weighted by Crippen LogP contribution is 2.13. The quantitative estimate of drug-likeness (QED) is 0.269. The van der Waals surface area contributed by atoms with Gasteiger partial charge in [0.1, 0.15) is 6.10 Å². The van der Waals surface area contributed by atoms with Crippen LogP contribution in [0.5, 0.6) is 0 Å². The molecule has 0 aromatic carbocycles. The summed E-state index contributed by atoms with van der Waals surface area (Å²) in [5.41, 5.74) is 0. The highest BCUT2D eigenvalue weighted by Gasteiger charge is 1.94. The maximum absolute atomic E-state index is 8.67. The molecule has 0 bridgehead atoms. The van der Waals surface area contributed by atoms with Crippen molar-refractivity contribution in [3.8, 4) is 0 Å². The molecule has 0 fully saturated rings. The molecule has 0 atom stereocenters. The van der Waals surface area contributed by atoms with Crippen molar-refractivity contribution in [1.82, 2.24) is 0 Å². The van der Waals surface area contributed by atoms with Gasteiger partial charge in [0.05, 0.1) is 13.2 Å². The van der Waals surface area contributed by atoms with Crippen LogP contribution in [-0.4, -0.2) is 46.4 Å². The van der Waals surface area contributed by atoms with E-state index in [9.17, 15) is 0 Å². The van der Waals surface area contributed by atoms with Gasteiger partial charge in [-0.3, -0.25) is 0 Å².